The van der Waals surface area contributed by atoms with Gasteiger partial charge in [-0.3, -0.25) is 4.79 Å². The first-order valence-corrected chi connectivity index (χ1v) is 12.2. The Morgan fingerprint density at radius 1 is 1.00 bits per heavy atom. The molecule has 0 radical (unpaired) electrons. The fourth-order valence-electron chi connectivity index (χ4n) is 4.69. The number of benzene rings is 2. The minimum absolute atomic E-state index is 0.0489. The molecule has 3 N–H and O–H groups in total. The Hall–Kier alpha value is -3.35. The minimum Gasteiger partial charge on any atom is -0.480 e. The van der Waals surface area contributed by atoms with E-state index in [2.05, 4.69) is 34.9 Å². The zero-order valence-electron chi connectivity index (χ0n) is 21.0. The number of alkyl carbamates (subject to hydrolysis) is 1. The second kappa shape index (κ2) is 11.4. The van der Waals surface area contributed by atoms with Crippen molar-refractivity contribution in [2.45, 2.75) is 58.9 Å². The summed E-state index contributed by atoms with van der Waals surface area (Å²) >= 11 is 0. The van der Waals surface area contributed by atoms with Gasteiger partial charge in [0.05, 0.1) is 5.92 Å². The van der Waals surface area contributed by atoms with Gasteiger partial charge in [-0.25, -0.2) is 9.59 Å². The van der Waals surface area contributed by atoms with Crippen molar-refractivity contribution < 1.29 is 24.2 Å². The molecule has 1 aliphatic rings. The molecule has 0 fully saturated rings. The largest absolute Gasteiger partial charge is 0.480 e. The molecule has 2 amide bonds. The van der Waals surface area contributed by atoms with Crippen LogP contribution in [0.1, 0.15) is 64.0 Å². The predicted octanol–water partition coefficient (Wildman–Crippen LogP) is 4.95. The van der Waals surface area contributed by atoms with Crippen molar-refractivity contribution in [1.29, 1.82) is 0 Å². The standard InChI is InChI=1S/C28H36N2O5/c1-5-10-24(26(32)33)30-25(31)18(15-28(2,3)4)16-29-27(34)35-17-23-21-13-8-6-11-19(21)20-12-7-9-14-22(20)23/h6-9,11-14,18,23-24H,5,10,15-17H2,1-4H3,(H,29,34)(H,30,31)(H,32,33)/t18?,24-/m0/s1. The van der Waals surface area contributed by atoms with E-state index in [1.54, 1.807) is 0 Å². The Balaban J connectivity index is 1.62. The monoisotopic (exact) mass is 480 g/mol. The average Bonchev–Trinajstić information content (AvgIpc) is 3.13. The maximum atomic E-state index is 12.9. The molecule has 3 rings (SSSR count). The number of rotatable bonds is 10. The van der Waals surface area contributed by atoms with Gasteiger partial charge in [0.2, 0.25) is 5.91 Å². The molecule has 2 aromatic rings. The number of ether oxygens (including phenoxy) is 1. The van der Waals surface area contributed by atoms with Crippen LogP contribution in [0, 0.1) is 11.3 Å². The molecule has 0 saturated carbocycles. The van der Waals surface area contributed by atoms with Crippen LogP contribution in [-0.2, 0) is 14.3 Å². The number of carboxylic acid groups (broad SMARTS) is 1. The summed E-state index contributed by atoms with van der Waals surface area (Å²) in [7, 11) is 0. The highest BCUT2D eigenvalue weighted by atomic mass is 16.5. The third kappa shape index (κ3) is 6.84. The summed E-state index contributed by atoms with van der Waals surface area (Å²) in [6.45, 7) is 8.13. The molecule has 1 aliphatic carbocycles. The number of carbonyl (C=O) groups is 3. The number of hydrogen-bond acceptors (Lipinski definition) is 4. The molecule has 188 valence electrons. The van der Waals surface area contributed by atoms with Crippen LogP contribution >= 0.6 is 0 Å². The van der Waals surface area contributed by atoms with Crippen LogP contribution in [0.3, 0.4) is 0 Å². The lowest BCUT2D eigenvalue weighted by molar-refractivity contribution is -0.142. The van der Waals surface area contributed by atoms with Crippen LogP contribution in [0.2, 0.25) is 0 Å². The van der Waals surface area contributed by atoms with Crippen molar-refractivity contribution in [3.63, 3.8) is 0 Å². The summed E-state index contributed by atoms with van der Waals surface area (Å²) < 4.78 is 5.58. The Labute approximate surface area is 207 Å². The zero-order chi connectivity index (χ0) is 25.6. The normalized spacial score (nSPS) is 14.4. The number of carboxylic acids is 1. The number of aliphatic carboxylic acids is 1. The van der Waals surface area contributed by atoms with Crippen LogP contribution in [0.25, 0.3) is 11.1 Å². The number of nitrogens with one attached hydrogen (secondary N) is 2. The Morgan fingerprint density at radius 3 is 2.09 bits per heavy atom. The average molecular weight is 481 g/mol. The van der Waals surface area contributed by atoms with Crippen LogP contribution in [0.15, 0.2) is 48.5 Å². The molecule has 1 unspecified atom stereocenters. The van der Waals surface area contributed by atoms with Gasteiger partial charge in [-0.15, -0.1) is 0 Å². The van der Waals surface area contributed by atoms with Crippen molar-refractivity contribution in [3.8, 4) is 11.1 Å². The van der Waals surface area contributed by atoms with Crippen LogP contribution in [0.5, 0.6) is 0 Å². The van der Waals surface area contributed by atoms with Gasteiger partial charge in [-0.2, -0.15) is 0 Å². The number of amides is 2. The van der Waals surface area contributed by atoms with E-state index in [-0.39, 0.29) is 30.4 Å². The lowest BCUT2D eigenvalue weighted by Gasteiger charge is -2.27. The summed E-state index contributed by atoms with van der Waals surface area (Å²) in [5, 5.41) is 14.7. The molecule has 2 atom stereocenters. The van der Waals surface area contributed by atoms with E-state index >= 15 is 0 Å². The Kier molecular flexibility index (Phi) is 8.54. The first-order valence-electron chi connectivity index (χ1n) is 12.2. The fourth-order valence-corrected chi connectivity index (χ4v) is 4.69. The summed E-state index contributed by atoms with van der Waals surface area (Å²) in [5.74, 6) is -2.06. The molecule has 0 spiro atoms. The van der Waals surface area contributed by atoms with Gasteiger partial charge in [0.1, 0.15) is 12.6 Å². The van der Waals surface area contributed by atoms with E-state index in [1.165, 1.54) is 0 Å². The van der Waals surface area contributed by atoms with Crippen molar-refractivity contribution in [3.05, 3.63) is 59.7 Å². The highest BCUT2D eigenvalue weighted by Crippen LogP contribution is 2.44. The number of hydrogen-bond donors (Lipinski definition) is 3. The first-order chi connectivity index (χ1) is 16.6. The summed E-state index contributed by atoms with van der Waals surface area (Å²) in [4.78, 5) is 37.0. The molecule has 7 heteroatoms. The van der Waals surface area contributed by atoms with Gasteiger partial charge in [-0.1, -0.05) is 82.6 Å². The SMILES string of the molecule is CCC[C@H](NC(=O)C(CNC(=O)OCC1c2ccccc2-c2ccccc21)CC(C)(C)C)C(=O)O. The molecular weight excluding hydrogens is 444 g/mol. The Bertz CT molecular complexity index is 1010. The maximum absolute atomic E-state index is 12.9. The van der Waals surface area contributed by atoms with E-state index in [0.717, 1.165) is 22.3 Å². The smallest absolute Gasteiger partial charge is 0.407 e. The molecule has 7 nitrogen and oxygen atoms in total. The first kappa shape index (κ1) is 26.3. The predicted molar refractivity (Wildman–Crippen MR) is 135 cm³/mol. The van der Waals surface area contributed by atoms with Crippen LogP contribution < -0.4 is 10.6 Å². The topological polar surface area (TPSA) is 105 Å². The van der Waals surface area contributed by atoms with Crippen LogP contribution in [0.4, 0.5) is 4.79 Å². The van der Waals surface area contributed by atoms with Crippen molar-refractivity contribution in [1.82, 2.24) is 10.6 Å². The molecular formula is C28H36N2O5. The van der Waals surface area contributed by atoms with E-state index in [9.17, 15) is 19.5 Å². The quantitative estimate of drug-likeness (QED) is 0.446. The second-order valence-electron chi connectivity index (χ2n) is 10.4. The van der Waals surface area contributed by atoms with Gasteiger partial charge >= 0.3 is 12.1 Å². The third-order valence-corrected chi connectivity index (χ3v) is 6.26. The van der Waals surface area contributed by atoms with Crippen molar-refractivity contribution >= 4 is 18.0 Å². The van der Waals surface area contributed by atoms with Gasteiger partial charge in [-0.05, 0) is 40.5 Å². The van der Waals surface area contributed by atoms with E-state index in [1.807, 2.05) is 52.0 Å². The van der Waals surface area contributed by atoms with Gasteiger partial charge in [0.15, 0.2) is 0 Å². The highest BCUT2D eigenvalue weighted by Gasteiger charge is 2.31. The molecule has 0 heterocycles. The maximum Gasteiger partial charge on any atom is 0.407 e. The van der Waals surface area contributed by atoms with Crippen molar-refractivity contribution in [2.24, 2.45) is 11.3 Å². The summed E-state index contributed by atoms with van der Waals surface area (Å²) in [6, 6.07) is 15.3. The number of fused-ring (bicyclic) bond motifs is 3. The second-order valence-corrected chi connectivity index (χ2v) is 10.4. The molecule has 0 aliphatic heterocycles. The summed E-state index contributed by atoms with van der Waals surface area (Å²) in [5.41, 5.74) is 4.37. The molecule has 35 heavy (non-hydrogen) atoms. The molecule has 0 bridgehead atoms. The van der Waals surface area contributed by atoms with Gasteiger partial charge < -0.3 is 20.5 Å². The van der Waals surface area contributed by atoms with E-state index in [0.29, 0.717) is 19.3 Å². The van der Waals surface area contributed by atoms with Crippen LogP contribution in [-0.4, -0.2) is 42.3 Å². The molecule has 2 aromatic carbocycles. The fraction of sp³-hybridized carbons (Fsp3) is 0.464. The van der Waals surface area contributed by atoms with E-state index < -0.39 is 24.0 Å². The Morgan fingerprint density at radius 2 is 1.57 bits per heavy atom. The third-order valence-electron chi connectivity index (χ3n) is 6.26. The lowest BCUT2D eigenvalue weighted by Crippen LogP contribution is -2.47. The van der Waals surface area contributed by atoms with Gasteiger partial charge in [0.25, 0.3) is 0 Å². The molecule has 0 saturated heterocycles. The van der Waals surface area contributed by atoms with Gasteiger partial charge in [0, 0.05) is 12.5 Å². The number of carbonyl (C=O) groups excluding carboxylic acids is 2. The highest BCUT2D eigenvalue weighted by molar-refractivity contribution is 5.85. The van der Waals surface area contributed by atoms with Crippen molar-refractivity contribution in [2.75, 3.05) is 13.2 Å². The minimum atomic E-state index is -1.06. The molecule has 0 aromatic heterocycles. The van der Waals surface area contributed by atoms with E-state index in [4.69, 9.17) is 4.74 Å². The lowest BCUT2D eigenvalue weighted by atomic mass is 9.84. The zero-order valence-corrected chi connectivity index (χ0v) is 21.0. The summed E-state index contributed by atoms with van der Waals surface area (Å²) in [6.07, 6.45) is 0.880.